The first-order chi connectivity index (χ1) is 7.81. The van der Waals surface area contributed by atoms with E-state index in [9.17, 15) is 0 Å². The van der Waals surface area contributed by atoms with Gasteiger partial charge in [-0.1, -0.05) is 13.0 Å². The number of rotatable bonds is 8. The zero-order chi connectivity index (χ0) is 11.8. The summed E-state index contributed by atoms with van der Waals surface area (Å²) in [6.45, 7) is 3.14. The largest absolute Gasteiger partial charge is 0.354 e. The molecule has 3 nitrogen and oxygen atoms in total. The maximum Gasteiger partial charge on any atom is 0.172 e. The van der Waals surface area contributed by atoms with E-state index >= 15 is 0 Å². The van der Waals surface area contributed by atoms with Gasteiger partial charge in [0, 0.05) is 25.5 Å². The average molecular weight is 243 g/mol. The zero-order valence-electron chi connectivity index (χ0n) is 10.2. The molecule has 0 aromatic carbocycles. The van der Waals surface area contributed by atoms with Crippen LogP contribution in [0, 0.1) is 0 Å². The third-order valence-electron chi connectivity index (χ3n) is 2.45. The standard InChI is InChI=1S/C12H21NO2S/c1-4-7-13-11(12(14-2)15-3)9-10-6-5-8-16-10/h5-6,8,11-13H,4,7,9H2,1-3H3. The maximum absolute atomic E-state index is 5.33. The van der Waals surface area contributed by atoms with Crippen LogP contribution < -0.4 is 5.32 Å². The molecule has 1 heterocycles. The van der Waals surface area contributed by atoms with Crippen LogP contribution >= 0.6 is 11.3 Å². The van der Waals surface area contributed by atoms with Gasteiger partial charge in [-0.15, -0.1) is 11.3 Å². The van der Waals surface area contributed by atoms with Crippen molar-refractivity contribution in [2.24, 2.45) is 0 Å². The molecule has 1 aromatic rings. The van der Waals surface area contributed by atoms with Gasteiger partial charge < -0.3 is 14.8 Å². The maximum atomic E-state index is 5.33. The van der Waals surface area contributed by atoms with Crippen molar-refractivity contribution in [2.45, 2.75) is 32.1 Å². The van der Waals surface area contributed by atoms with Gasteiger partial charge in [-0.25, -0.2) is 0 Å². The van der Waals surface area contributed by atoms with Gasteiger partial charge in [0.15, 0.2) is 6.29 Å². The summed E-state index contributed by atoms with van der Waals surface area (Å²) in [5.41, 5.74) is 0. The minimum atomic E-state index is -0.186. The lowest BCUT2D eigenvalue weighted by Gasteiger charge is -2.25. The van der Waals surface area contributed by atoms with Gasteiger partial charge in [0.25, 0.3) is 0 Å². The van der Waals surface area contributed by atoms with E-state index in [-0.39, 0.29) is 12.3 Å². The second-order valence-electron chi connectivity index (χ2n) is 3.68. The van der Waals surface area contributed by atoms with E-state index in [1.807, 2.05) is 0 Å². The van der Waals surface area contributed by atoms with Crippen molar-refractivity contribution < 1.29 is 9.47 Å². The summed E-state index contributed by atoms with van der Waals surface area (Å²) in [6.07, 6.45) is 1.87. The topological polar surface area (TPSA) is 30.5 Å². The molecular formula is C12H21NO2S. The second kappa shape index (κ2) is 7.79. The zero-order valence-corrected chi connectivity index (χ0v) is 11.0. The Bertz CT molecular complexity index is 260. The van der Waals surface area contributed by atoms with E-state index in [4.69, 9.17) is 9.47 Å². The molecule has 0 bridgehead atoms. The number of hydrogen-bond acceptors (Lipinski definition) is 4. The highest BCUT2D eigenvalue weighted by Gasteiger charge is 2.20. The molecule has 0 saturated heterocycles. The third kappa shape index (κ3) is 4.22. The van der Waals surface area contributed by atoms with E-state index in [1.165, 1.54) is 4.88 Å². The van der Waals surface area contributed by atoms with Crippen LogP contribution in [0.3, 0.4) is 0 Å². The van der Waals surface area contributed by atoms with Gasteiger partial charge >= 0.3 is 0 Å². The molecule has 1 unspecified atom stereocenters. The number of hydrogen-bond donors (Lipinski definition) is 1. The van der Waals surface area contributed by atoms with Gasteiger partial charge in [0.2, 0.25) is 0 Å². The molecular weight excluding hydrogens is 222 g/mol. The Hall–Kier alpha value is -0.420. The molecule has 1 N–H and O–H groups in total. The van der Waals surface area contributed by atoms with E-state index < -0.39 is 0 Å². The summed E-state index contributed by atoms with van der Waals surface area (Å²) >= 11 is 1.77. The Morgan fingerprint density at radius 3 is 2.62 bits per heavy atom. The molecule has 1 atom stereocenters. The molecule has 1 aromatic heterocycles. The first kappa shape index (κ1) is 13.6. The summed E-state index contributed by atoms with van der Waals surface area (Å²) in [5.74, 6) is 0. The molecule has 92 valence electrons. The highest BCUT2D eigenvalue weighted by molar-refractivity contribution is 7.09. The molecule has 0 radical (unpaired) electrons. The molecule has 0 amide bonds. The monoisotopic (exact) mass is 243 g/mol. The van der Waals surface area contributed by atoms with Crippen molar-refractivity contribution in [1.82, 2.24) is 5.32 Å². The minimum Gasteiger partial charge on any atom is -0.354 e. The molecule has 0 aliphatic heterocycles. The van der Waals surface area contributed by atoms with E-state index in [0.29, 0.717) is 0 Å². The van der Waals surface area contributed by atoms with Gasteiger partial charge in [0.1, 0.15) is 0 Å². The van der Waals surface area contributed by atoms with Crippen LogP contribution in [0.25, 0.3) is 0 Å². The third-order valence-corrected chi connectivity index (χ3v) is 3.35. The van der Waals surface area contributed by atoms with Crippen molar-refractivity contribution in [3.63, 3.8) is 0 Å². The fourth-order valence-electron chi connectivity index (χ4n) is 1.66. The number of methoxy groups -OCH3 is 2. The Morgan fingerprint density at radius 2 is 2.12 bits per heavy atom. The Balaban J connectivity index is 2.55. The molecule has 0 fully saturated rings. The predicted octanol–water partition coefficient (Wildman–Crippen LogP) is 2.28. The number of thiophene rings is 1. The lowest BCUT2D eigenvalue weighted by Crippen LogP contribution is -2.43. The van der Waals surface area contributed by atoms with Crippen molar-refractivity contribution in [1.29, 1.82) is 0 Å². The first-order valence-electron chi connectivity index (χ1n) is 5.63. The van der Waals surface area contributed by atoms with Gasteiger partial charge in [0.05, 0.1) is 6.04 Å². The highest BCUT2D eigenvalue weighted by Crippen LogP contribution is 2.14. The summed E-state index contributed by atoms with van der Waals surface area (Å²) in [4.78, 5) is 1.35. The van der Waals surface area contributed by atoms with Crippen LogP contribution in [0.5, 0.6) is 0 Å². The van der Waals surface area contributed by atoms with Crippen LogP contribution in [-0.4, -0.2) is 33.1 Å². The molecule has 16 heavy (non-hydrogen) atoms. The average Bonchev–Trinajstić information content (AvgIpc) is 2.80. The summed E-state index contributed by atoms with van der Waals surface area (Å²) in [6, 6.07) is 4.44. The Morgan fingerprint density at radius 1 is 1.38 bits per heavy atom. The quantitative estimate of drug-likeness (QED) is 0.711. The molecule has 0 aliphatic carbocycles. The molecule has 0 saturated carbocycles. The molecule has 1 rings (SSSR count). The second-order valence-corrected chi connectivity index (χ2v) is 4.72. The lowest BCUT2D eigenvalue weighted by molar-refractivity contribution is -0.122. The Kier molecular flexibility index (Phi) is 6.64. The van der Waals surface area contributed by atoms with Crippen LogP contribution in [-0.2, 0) is 15.9 Å². The minimum absolute atomic E-state index is 0.186. The van der Waals surface area contributed by atoms with Crippen LogP contribution in [0.4, 0.5) is 0 Å². The summed E-state index contributed by atoms with van der Waals surface area (Å²) in [7, 11) is 3.37. The molecule has 0 spiro atoms. The summed E-state index contributed by atoms with van der Waals surface area (Å²) < 4.78 is 10.7. The van der Waals surface area contributed by atoms with Crippen molar-refractivity contribution in [3.8, 4) is 0 Å². The van der Waals surface area contributed by atoms with Crippen LogP contribution in [0.1, 0.15) is 18.2 Å². The van der Waals surface area contributed by atoms with Gasteiger partial charge in [-0.05, 0) is 24.4 Å². The molecule has 0 aliphatic rings. The van der Waals surface area contributed by atoms with Gasteiger partial charge in [-0.3, -0.25) is 0 Å². The first-order valence-corrected chi connectivity index (χ1v) is 6.51. The predicted molar refractivity (Wildman–Crippen MR) is 67.9 cm³/mol. The van der Waals surface area contributed by atoms with E-state index in [2.05, 4.69) is 29.8 Å². The SMILES string of the molecule is CCCNC(Cc1cccs1)C(OC)OC. The lowest BCUT2D eigenvalue weighted by atomic mass is 10.1. The highest BCUT2D eigenvalue weighted by atomic mass is 32.1. The van der Waals surface area contributed by atoms with E-state index in [0.717, 1.165) is 19.4 Å². The van der Waals surface area contributed by atoms with Crippen molar-refractivity contribution in [2.75, 3.05) is 20.8 Å². The molecule has 4 heteroatoms. The van der Waals surface area contributed by atoms with Crippen molar-refractivity contribution in [3.05, 3.63) is 22.4 Å². The fraction of sp³-hybridized carbons (Fsp3) is 0.667. The number of nitrogens with one attached hydrogen (secondary N) is 1. The smallest absolute Gasteiger partial charge is 0.172 e. The Labute approximate surface area is 102 Å². The van der Waals surface area contributed by atoms with Crippen LogP contribution in [0.15, 0.2) is 17.5 Å². The van der Waals surface area contributed by atoms with Crippen molar-refractivity contribution >= 4 is 11.3 Å². The number of ether oxygens (including phenoxy) is 2. The summed E-state index contributed by atoms with van der Waals surface area (Å²) in [5, 5.41) is 5.56. The van der Waals surface area contributed by atoms with Gasteiger partial charge in [-0.2, -0.15) is 0 Å². The normalized spacial score (nSPS) is 13.2. The van der Waals surface area contributed by atoms with Crippen LogP contribution in [0.2, 0.25) is 0 Å². The van der Waals surface area contributed by atoms with E-state index in [1.54, 1.807) is 25.6 Å². The fourth-order valence-corrected chi connectivity index (χ4v) is 2.43.